The Hall–Kier alpha value is -8.74. The van der Waals surface area contributed by atoms with Gasteiger partial charge in [0.1, 0.15) is 17.3 Å². The van der Waals surface area contributed by atoms with E-state index in [1.807, 2.05) is 0 Å². The number of halogens is 1. The highest BCUT2D eigenvalue weighted by Crippen LogP contribution is 2.31. The van der Waals surface area contributed by atoms with Crippen molar-refractivity contribution >= 4 is 41.8 Å². The number of rotatable bonds is 24. The molecule has 0 fully saturated rings. The van der Waals surface area contributed by atoms with E-state index in [1.54, 1.807) is 12.1 Å². The maximum atomic E-state index is 15.0. The molecule has 0 bridgehead atoms. The van der Waals surface area contributed by atoms with Gasteiger partial charge in [-0.05, 0) is 66.2 Å². The van der Waals surface area contributed by atoms with Crippen molar-refractivity contribution < 1.29 is 90.1 Å². The van der Waals surface area contributed by atoms with E-state index in [0.29, 0.717) is 5.56 Å². The summed E-state index contributed by atoms with van der Waals surface area (Å²) in [6.07, 6.45) is 3.89. The molecule has 0 aliphatic carbocycles. The van der Waals surface area contributed by atoms with Gasteiger partial charge in [0.15, 0.2) is 23.0 Å². The quantitative estimate of drug-likeness (QED) is 0.0262. The van der Waals surface area contributed by atoms with Crippen LogP contribution in [0.2, 0.25) is 0 Å². The van der Waals surface area contributed by atoms with Crippen LogP contribution in [0.4, 0.5) is 4.39 Å². The smallest absolute Gasteiger partial charge is 0.343 e. The third-order valence-corrected chi connectivity index (χ3v) is 7.82. The number of carbonyl (C=O) groups excluding carboxylic acids is 7. The number of esters is 7. The maximum absolute atomic E-state index is 15.0. The molecule has 0 N–H and O–H groups in total. The van der Waals surface area contributed by atoms with Gasteiger partial charge in [0.05, 0.1) is 23.3 Å². The van der Waals surface area contributed by atoms with Gasteiger partial charge in [-0.2, -0.15) is 0 Å². The summed E-state index contributed by atoms with van der Waals surface area (Å²) in [7, 11) is 0. The topological polar surface area (TPSA) is 221 Å². The second kappa shape index (κ2) is 24.5. The standard InChI is InChI=1S/C45H37FO18/c1-5-39(47)59-24-55-35-17-11-29(21-37(35)57-26-61-41(49)7-3)43(51)63-31-13-9-28(10-14-31)19-20-54-45(53)33-16-15-32(23-34(33)46)64-44(52)30-12-18-36(56-25-60-40(48)6-2)38(22-30)58-27-62-42(50)8-4/h5-18,21-23H,1-4,19-20,24-27H2. The van der Waals surface area contributed by atoms with Crippen LogP contribution in [-0.4, -0.2) is 75.6 Å². The fourth-order valence-corrected chi connectivity index (χ4v) is 4.69. The molecule has 0 radical (unpaired) electrons. The van der Waals surface area contributed by atoms with Crippen LogP contribution in [0.3, 0.4) is 0 Å². The van der Waals surface area contributed by atoms with Crippen molar-refractivity contribution in [3.8, 4) is 34.5 Å². The van der Waals surface area contributed by atoms with E-state index < -0.39 is 80.3 Å². The molecule has 4 aromatic carbocycles. The van der Waals surface area contributed by atoms with Gasteiger partial charge in [-0.3, -0.25) is 0 Å². The zero-order valence-electron chi connectivity index (χ0n) is 33.6. The minimum atomic E-state index is -1.04. The molecule has 0 saturated heterocycles. The Balaban J connectivity index is 1.30. The van der Waals surface area contributed by atoms with Crippen LogP contribution < -0.4 is 28.4 Å². The average Bonchev–Trinajstić information content (AvgIpc) is 3.29. The van der Waals surface area contributed by atoms with Crippen molar-refractivity contribution in [3.05, 3.63) is 158 Å². The van der Waals surface area contributed by atoms with E-state index in [2.05, 4.69) is 26.3 Å². The normalized spacial score (nSPS) is 10.1. The summed E-state index contributed by atoms with van der Waals surface area (Å²) in [5.74, 6) is -7.08. The maximum Gasteiger partial charge on any atom is 0.343 e. The molecule has 18 nitrogen and oxygen atoms in total. The van der Waals surface area contributed by atoms with Crippen LogP contribution in [0.25, 0.3) is 0 Å². The Labute approximate surface area is 363 Å². The van der Waals surface area contributed by atoms with Crippen LogP contribution in [0.1, 0.15) is 36.6 Å². The zero-order chi connectivity index (χ0) is 46.4. The summed E-state index contributed by atoms with van der Waals surface area (Å²) in [6.45, 7) is 10.7. The number of hydrogen-bond acceptors (Lipinski definition) is 18. The number of carbonyl (C=O) groups is 7. The Morgan fingerprint density at radius 1 is 0.453 bits per heavy atom. The zero-order valence-corrected chi connectivity index (χ0v) is 33.6. The van der Waals surface area contributed by atoms with Crippen LogP contribution >= 0.6 is 0 Å². The first kappa shape index (κ1) is 47.9. The molecule has 4 aromatic rings. The molecule has 0 heterocycles. The molecule has 332 valence electrons. The second-order valence-electron chi connectivity index (χ2n) is 12.0. The first-order valence-corrected chi connectivity index (χ1v) is 18.3. The van der Waals surface area contributed by atoms with Crippen LogP contribution in [-0.2, 0) is 49.3 Å². The lowest BCUT2D eigenvalue weighted by atomic mass is 10.1. The van der Waals surface area contributed by atoms with Crippen molar-refractivity contribution in [2.24, 2.45) is 0 Å². The van der Waals surface area contributed by atoms with Gasteiger partial charge in [0.25, 0.3) is 0 Å². The van der Waals surface area contributed by atoms with Crippen molar-refractivity contribution in [2.45, 2.75) is 6.42 Å². The average molecular weight is 885 g/mol. The minimum absolute atomic E-state index is 0.00968. The Morgan fingerprint density at radius 3 is 1.28 bits per heavy atom. The van der Waals surface area contributed by atoms with Gasteiger partial charge in [-0.1, -0.05) is 38.4 Å². The largest absolute Gasteiger partial charge is 0.462 e. The lowest BCUT2D eigenvalue weighted by Gasteiger charge is -2.14. The summed E-state index contributed by atoms with van der Waals surface area (Å²) >= 11 is 0. The van der Waals surface area contributed by atoms with E-state index >= 15 is 4.39 Å². The van der Waals surface area contributed by atoms with E-state index in [1.165, 1.54) is 54.6 Å². The van der Waals surface area contributed by atoms with Crippen molar-refractivity contribution in [2.75, 3.05) is 33.8 Å². The molecule has 0 aromatic heterocycles. The third-order valence-electron chi connectivity index (χ3n) is 7.82. The highest BCUT2D eigenvalue weighted by atomic mass is 19.1. The molecule has 0 amide bonds. The molecule has 0 unspecified atom stereocenters. The minimum Gasteiger partial charge on any atom is -0.462 e. The van der Waals surface area contributed by atoms with Gasteiger partial charge in [0, 0.05) is 36.8 Å². The van der Waals surface area contributed by atoms with Crippen LogP contribution in [0.15, 0.2) is 129 Å². The van der Waals surface area contributed by atoms with Crippen LogP contribution in [0.5, 0.6) is 34.5 Å². The first-order valence-electron chi connectivity index (χ1n) is 18.3. The molecule has 0 aliphatic rings. The summed E-state index contributed by atoms with van der Waals surface area (Å²) in [5, 5.41) is 0. The SMILES string of the molecule is C=CC(=O)OCOc1ccc(C(=O)Oc2ccc(CCOC(=O)c3ccc(OC(=O)c4ccc(OCOC(=O)C=C)c(OCOC(=O)C=C)c4)cc3F)cc2)cc1OCOC(=O)C=C. The van der Waals surface area contributed by atoms with Crippen molar-refractivity contribution in [1.29, 1.82) is 0 Å². The molecule has 0 aliphatic heterocycles. The first-order chi connectivity index (χ1) is 30.8. The van der Waals surface area contributed by atoms with E-state index in [9.17, 15) is 33.6 Å². The Morgan fingerprint density at radius 2 is 0.859 bits per heavy atom. The van der Waals surface area contributed by atoms with Gasteiger partial charge in [0.2, 0.25) is 27.2 Å². The fraction of sp³-hybridized carbons (Fsp3) is 0.133. The predicted octanol–water partition coefficient (Wildman–Crippen LogP) is 5.93. The molecule has 0 saturated carbocycles. The lowest BCUT2D eigenvalue weighted by Crippen LogP contribution is -2.13. The molecule has 19 heteroatoms. The summed E-state index contributed by atoms with van der Waals surface area (Å²) in [6, 6.07) is 17.0. The van der Waals surface area contributed by atoms with E-state index in [0.717, 1.165) is 36.4 Å². The molecular weight excluding hydrogens is 847 g/mol. The number of benzene rings is 4. The van der Waals surface area contributed by atoms with Gasteiger partial charge >= 0.3 is 41.8 Å². The molecule has 0 spiro atoms. The van der Waals surface area contributed by atoms with E-state index in [-0.39, 0.29) is 58.7 Å². The highest BCUT2D eigenvalue weighted by Gasteiger charge is 2.19. The van der Waals surface area contributed by atoms with Gasteiger partial charge < -0.3 is 52.1 Å². The van der Waals surface area contributed by atoms with Gasteiger partial charge in [-0.25, -0.2) is 38.0 Å². The molecule has 4 rings (SSSR count). The molecular formula is C45H37FO18. The molecule has 64 heavy (non-hydrogen) atoms. The third kappa shape index (κ3) is 15.1. The number of hydrogen-bond donors (Lipinski definition) is 0. The fourth-order valence-electron chi connectivity index (χ4n) is 4.69. The van der Waals surface area contributed by atoms with Crippen LogP contribution in [0, 0.1) is 5.82 Å². The second-order valence-corrected chi connectivity index (χ2v) is 12.0. The Kier molecular flexibility index (Phi) is 18.3. The summed E-state index contributed by atoms with van der Waals surface area (Å²) in [4.78, 5) is 84.2. The van der Waals surface area contributed by atoms with Gasteiger partial charge in [-0.15, -0.1) is 0 Å². The predicted molar refractivity (Wildman–Crippen MR) is 217 cm³/mol. The van der Waals surface area contributed by atoms with E-state index in [4.69, 9.17) is 52.1 Å². The Bertz CT molecular complexity index is 2400. The number of ether oxygens (including phenoxy) is 11. The summed E-state index contributed by atoms with van der Waals surface area (Å²) in [5.41, 5.74) is 0.142. The highest BCUT2D eigenvalue weighted by molar-refractivity contribution is 5.93. The summed E-state index contributed by atoms with van der Waals surface area (Å²) < 4.78 is 71.7. The van der Waals surface area contributed by atoms with Crippen molar-refractivity contribution in [3.63, 3.8) is 0 Å². The van der Waals surface area contributed by atoms with Crippen molar-refractivity contribution in [1.82, 2.24) is 0 Å². The lowest BCUT2D eigenvalue weighted by molar-refractivity contribution is -0.146. The molecule has 0 atom stereocenters. The monoisotopic (exact) mass is 884 g/mol.